The molecule has 0 bridgehead atoms. The van der Waals surface area contributed by atoms with Gasteiger partial charge in [0.1, 0.15) is 0 Å². The summed E-state index contributed by atoms with van der Waals surface area (Å²) in [6, 6.07) is 0. The molecule has 90 valence electrons. The highest BCUT2D eigenvalue weighted by Crippen LogP contribution is 2.08. The third kappa shape index (κ3) is 5.10. The van der Waals surface area contributed by atoms with Crippen LogP contribution in [0.3, 0.4) is 0 Å². The zero-order valence-electron chi connectivity index (χ0n) is 8.68. The van der Waals surface area contributed by atoms with Crippen LogP contribution < -0.4 is 5.73 Å². The summed E-state index contributed by atoms with van der Waals surface area (Å²) in [6.45, 7) is 0.342. The Balaban J connectivity index is 4.44. The zero-order chi connectivity index (χ0) is 11.9. The van der Waals surface area contributed by atoms with E-state index in [-0.39, 0.29) is 18.7 Å². The quantitative estimate of drug-likeness (QED) is 0.539. The summed E-state index contributed by atoms with van der Waals surface area (Å²) in [6.07, 6.45) is 0.248. The molecule has 0 aromatic carbocycles. The molecule has 1 atom stereocenters. The standard InChI is InChI=1S/C8H17NO5S/c1-14-5-2-6-15(12,13)7(3-4-9)8(10)11/h7H,2-6,9H2,1H3,(H,10,11). The van der Waals surface area contributed by atoms with Gasteiger partial charge in [0.2, 0.25) is 0 Å². The molecule has 0 amide bonds. The number of carboxylic acids is 1. The van der Waals surface area contributed by atoms with Crippen molar-refractivity contribution in [1.29, 1.82) is 0 Å². The fraction of sp³-hybridized carbons (Fsp3) is 0.875. The van der Waals surface area contributed by atoms with Crippen LogP contribution in [0.5, 0.6) is 0 Å². The van der Waals surface area contributed by atoms with E-state index >= 15 is 0 Å². The molecule has 0 aromatic rings. The minimum absolute atomic E-state index is 0.0421. The van der Waals surface area contributed by atoms with Gasteiger partial charge in [-0.25, -0.2) is 8.42 Å². The highest BCUT2D eigenvalue weighted by atomic mass is 32.2. The minimum Gasteiger partial charge on any atom is -0.480 e. The first-order valence-electron chi connectivity index (χ1n) is 4.59. The normalized spacial score (nSPS) is 13.7. The Morgan fingerprint density at radius 3 is 2.53 bits per heavy atom. The van der Waals surface area contributed by atoms with Gasteiger partial charge in [-0.05, 0) is 19.4 Å². The smallest absolute Gasteiger partial charge is 0.321 e. The van der Waals surface area contributed by atoms with E-state index in [1.54, 1.807) is 0 Å². The number of aliphatic carboxylic acids is 1. The third-order valence-corrected chi connectivity index (χ3v) is 4.08. The third-order valence-electron chi connectivity index (χ3n) is 1.92. The molecule has 0 spiro atoms. The van der Waals surface area contributed by atoms with Crippen molar-refractivity contribution in [2.45, 2.75) is 18.1 Å². The first-order valence-corrected chi connectivity index (χ1v) is 6.30. The lowest BCUT2D eigenvalue weighted by Gasteiger charge is -2.11. The summed E-state index contributed by atoms with van der Waals surface area (Å²) in [5.74, 6) is -1.52. The predicted octanol–water partition coefficient (Wildman–Crippen LogP) is -0.760. The number of nitrogens with two attached hydrogens (primary N) is 1. The second-order valence-electron chi connectivity index (χ2n) is 3.12. The molecule has 0 rings (SSSR count). The Morgan fingerprint density at radius 2 is 2.13 bits per heavy atom. The predicted molar refractivity (Wildman–Crippen MR) is 55.4 cm³/mol. The van der Waals surface area contributed by atoms with E-state index in [1.807, 2.05) is 0 Å². The van der Waals surface area contributed by atoms with Crippen molar-refractivity contribution in [2.75, 3.05) is 26.0 Å². The van der Waals surface area contributed by atoms with Crippen molar-refractivity contribution in [3.8, 4) is 0 Å². The monoisotopic (exact) mass is 239 g/mol. The topological polar surface area (TPSA) is 107 Å². The Bertz CT molecular complexity index is 287. The van der Waals surface area contributed by atoms with Gasteiger partial charge in [0.15, 0.2) is 15.1 Å². The van der Waals surface area contributed by atoms with Gasteiger partial charge in [-0.3, -0.25) is 4.79 Å². The maximum atomic E-state index is 11.5. The van der Waals surface area contributed by atoms with E-state index in [1.165, 1.54) is 7.11 Å². The Morgan fingerprint density at radius 1 is 1.53 bits per heavy atom. The summed E-state index contributed by atoms with van der Waals surface area (Å²) < 4.78 is 27.8. The molecule has 0 aromatic heterocycles. The average molecular weight is 239 g/mol. The zero-order valence-corrected chi connectivity index (χ0v) is 9.50. The van der Waals surface area contributed by atoms with E-state index in [2.05, 4.69) is 0 Å². The molecule has 0 aliphatic heterocycles. The van der Waals surface area contributed by atoms with Crippen molar-refractivity contribution in [3.63, 3.8) is 0 Å². The lowest BCUT2D eigenvalue weighted by atomic mass is 10.3. The van der Waals surface area contributed by atoms with E-state index in [4.69, 9.17) is 15.6 Å². The van der Waals surface area contributed by atoms with E-state index in [0.717, 1.165) is 0 Å². The van der Waals surface area contributed by atoms with Gasteiger partial charge in [-0.2, -0.15) is 0 Å². The molecule has 1 unspecified atom stereocenters. The minimum atomic E-state index is -3.62. The average Bonchev–Trinajstić information content (AvgIpc) is 2.13. The van der Waals surface area contributed by atoms with Crippen LogP contribution in [0.4, 0.5) is 0 Å². The van der Waals surface area contributed by atoms with Crippen LogP contribution >= 0.6 is 0 Å². The molecular formula is C8H17NO5S. The largest absolute Gasteiger partial charge is 0.480 e. The van der Waals surface area contributed by atoms with Gasteiger partial charge in [0.05, 0.1) is 5.75 Å². The summed E-state index contributed by atoms with van der Waals surface area (Å²) in [7, 11) is -2.16. The highest BCUT2D eigenvalue weighted by Gasteiger charge is 2.30. The second-order valence-corrected chi connectivity index (χ2v) is 5.42. The summed E-state index contributed by atoms with van der Waals surface area (Å²) in [5, 5.41) is 7.34. The highest BCUT2D eigenvalue weighted by molar-refractivity contribution is 7.92. The van der Waals surface area contributed by atoms with Gasteiger partial charge in [0.25, 0.3) is 0 Å². The molecular weight excluding hydrogens is 222 g/mol. The van der Waals surface area contributed by atoms with Gasteiger partial charge >= 0.3 is 5.97 Å². The summed E-state index contributed by atoms with van der Waals surface area (Å²) >= 11 is 0. The first kappa shape index (κ1) is 14.3. The van der Waals surface area contributed by atoms with Crippen LogP contribution in [0.2, 0.25) is 0 Å². The van der Waals surface area contributed by atoms with E-state index < -0.39 is 21.1 Å². The van der Waals surface area contributed by atoms with Crippen LogP contribution in [-0.4, -0.2) is 50.8 Å². The van der Waals surface area contributed by atoms with E-state index in [0.29, 0.717) is 13.0 Å². The molecule has 0 radical (unpaired) electrons. The molecule has 0 heterocycles. The number of carboxylic acid groups (broad SMARTS) is 1. The van der Waals surface area contributed by atoms with Gasteiger partial charge in [-0.15, -0.1) is 0 Å². The van der Waals surface area contributed by atoms with Crippen LogP contribution in [0.1, 0.15) is 12.8 Å². The second kappa shape index (κ2) is 6.76. The number of carbonyl (C=O) groups is 1. The van der Waals surface area contributed by atoms with Crippen molar-refractivity contribution < 1.29 is 23.1 Å². The number of hydrogen-bond acceptors (Lipinski definition) is 5. The van der Waals surface area contributed by atoms with E-state index in [9.17, 15) is 13.2 Å². The molecule has 0 saturated carbocycles. The lowest BCUT2D eigenvalue weighted by molar-refractivity contribution is -0.136. The summed E-state index contributed by atoms with van der Waals surface area (Å²) in [5.41, 5.74) is 5.17. The molecule has 0 aliphatic carbocycles. The van der Waals surface area contributed by atoms with Gasteiger partial charge in [0, 0.05) is 13.7 Å². The van der Waals surface area contributed by atoms with Crippen LogP contribution in [0, 0.1) is 0 Å². The van der Waals surface area contributed by atoms with Crippen molar-refractivity contribution in [1.82, 2.24) is 0 Å². The van der Waals surface area contributed by atoms with Crippen molar-refractivity contribution in [3.05, 3.63) is 0 Å². The molecule has 15 heavy (non-hydrogen) atoms. The maximum Gasteiger partial charge on any atom is 0.321 e. The summed E-state index contributed by atoms with van der Waals surface area (Å²) in [4.78, 5) is 10.7. The molecule has 0 fully saturated rings. The van der Waals surface area contributed by atoms with Crippen LogP contribution in [-0.2, 0) is 19.4 Å². The van der Waals surface area contributed by atoms with Crippen LogP contribution in [0.15, 0.2) is 0 Å². The number of methoxy groups -OCH3 is 1. The molecule has 0 aliphatic rings. The Labute approximate surface area is 89.3 Å². The molecule has 3 N–H and O–H groups in total. The molecule has 7 heteroatoms. The Hall–Kier alpha value is -0.660. The van der Waals surface area contributed by atoms with Crippen molar-refractivity contribution >= 4 is 15.8 Å². The fourth-order valence-electron chi connectivity index (χ4n) is 1.15. The fourth-order valence-corrected chi connectivity index (χ4v) is 2.76. The number of ether oxygens (including phenoxy) is 1. The number of sulfone groups is 1. The Kier molecular flexibility index (Phi) is 6.46. The number of hydrogen-bond donors (Lipinski definition) is 2. The maximum absolute atomic E-state index is 11.5. The molecule has 0 saturated heterocycles. The lowest BCUT2D eigenvalue weighted by Crippen LogP contribution is -2.34. The van der Waals surface area contributed by atoms with Gasteiger partial charge in [-0.1, -0.05) is 0 Å². The van der Waals surface area contributed by atoms with Gasteiger partial charge < -0.3 is 15.6 Å². The SMILES string of the molecule is COCCCS(=O)(=O)C(CCN)C(=O)O. The van der Waals surface area contributed by atoms with Crippen LogP contribution in [0.25, 0.3) is 0 Å². The number of rotatable bonds is 8. The first-order chi connectivity index (χ1) is 6.95. The van der Waals surface area contributed by atoms with Crippen molar-refractivity contribution in [2.24, 2.45) is 5.73 Å². The molecule has 6 nitrogen and oxygen atoms in total.